The molecule has 0 unspecified atom stereocenters. The van der Waals surface area contributed by atoms with E-state index in [0.29, 0.717) is 22.5 Å². The van der Waals surface area contributed by atoms with Crippen molar-refractivity contribution in [2.24, 2.45) is 0 Å². The lowest BCUT2D eigenvalue weighted by Crippen LogP contribution is -3.09. The van der Waals surface area contributed by atoms with Crippen molar-refractivity contribution >= 4 is 22.5 Å². The summed E-state index contributed by atoms with van der Waals surface area (Å²) in [5.41, 5.74) is 0.688. The molecule has 0 fully saturated rings. The zero-order chi connectivity index (χ0) is 16.3. The standard InChI is InChI=1S/C16H23ClN4O/c1-5-21-15(11(2)18-8-9-20(3)4)19-14-10-12(17)6-7-13(14)16(21)22/h6-7,10-11,18H,5,8-9H2,1-4H3/p+2/t11-/m1/s1. The Morgan fingerprint density at radius 1 is 1.41 bits per heavy atom. The molecule has 1 heterocycles. The number of rotatable bonds is 6. The van der Waals surface area contributed by atoms with Crippen molar-refractivity contribution in [3.63, 3.8) is 0 Å². The van der Waals surface area contributed by atoms with Gasteiger partial charge in [0.15, 0.2) is 5.82 Å². The van der Waals surface area contributed by atoms with E-state index in [2.05, 4.69) is 26.3 Å². The van der Waals surface area contributed by atoms with Gasteiger partial charge < -0.3 is 10.2 Å². The number of hydrogen-bond donors (Lipinski definition) is 2. The van der Waals surface area contributed by atoms with Gasteiger partial charge in [0, 0.05) is 11.6 Å². The average Bonchev–Trinajstić information content (AvgIpc) is 2.46. The fourth-order valence-corrected chi connectivity index (χ4v) is 2.76. The van der Waals surface area contributed by atoms with Crippen molar-refractivity contribution in [1.29, 1.82) is 0 Å². The van der Waals surface area contributed by atoms with Crippen molar-refractivity contribution in [2.45, 2.75) is 26.4 Å². The normalized spacial score (nSPS) is 13.0. The second-order valence-corrected chi connectivity index (χ2v) is 6.39. The van der Waals surface area contributed by atoms with Crippen LogP contribution >= 0.6 is 11.6 Å². The Hall–Kier alpha value is -1.43. The zero-order valence-electron chi connectivity index (χ0n) is 13.7. The monoisotopic (exact) mass is 324 g/mol. The molecule has 22 heavy (non-hydrogen) atoms. The number of benzene rings is 1. The van der Waals surface area contributed by atoms with E-state index in [1.165, 1.54) is 4.90 Å². The number of nitrogens with two attached hydrogens (primary N) is 1. The van der Waals surface area contributed by atoms with E-state index < -0.39 is 0 Å². The smallest absolute Gasteiger partial charge is 0.261 e. The lowest BCUT2D eigenvalue weighted by molar-refractivity contribution is -0.877. The van der Waals surface area contributed by atoms with Crippen LogP contribution in [0.25, 0.3) is 10.9 Å². The van der Waals surface area contributed by atoms with Gasteiger partial charge in [0.25, 0.3) is 5.56 Å². The number of nitrogens with zero attached hydrogens (tertiary/aromatic N) is 2. The van der Waals surface area contributed by atoms with E-state index >= 15 is 0 Å². The third-order valence-electron chi connectivity index (χ3n) is 3.83. The van der Waals surface area contributed by atoms with Crippen LogP contribution in [-0.2, 0) is 6.54 Å². The number of nitrogens with one attached hydrogen (secondary N) is 1. The third-order valence-corrected chi connectivity index (χ3v) is 4.07. The summed E-state index contributed by atoms with van der Waals surface area (Å²) in [6, 6.07) is 5.39. The Morgan fingerprint density at radius 2 is 2.14 bits per heavy atom. The number of aromatic nitrogens is 2. The number of quaternary nitrogens is 2. The summed E-state index contributed by atoms with van der Waals surface area (Å²) < 4.78 is 1.76. The fourth-order valence-electron chi connectivity index (χ4n) is 2.59. The molecule has 6 heteroatoms. The lowest BCUT2D eigenvalue weighted by Gasteiger charge is -2.16. The molecule has 1 aromatic carbocycles. The maximum absolute atomic E-state index is 12.6. The molecule has 0 amide bonds. The summed E-state index contributed by atoms with van der Waals surface area (Å²) in [5.74, 6) is 0.816. The first-order valence-corrected chi connectivity index (χ1v) is 8.14. The van der Waals surface area contributed by atoms with E-state index in [0.717, 1.165) is 18.9 Å². The average molecular weight is 325 g/mol. The highest BCUT2D eigenvalue weighted by Gasteiger charge is 2.18. The predicted molar refractivity (Wildman–Crippen MR) is 89.6 cm³/mol. The molecular weight excluding hydrogens is 300 g/mol. The largest absolute Gasteiger partial charge is 0.335 e. The Labute approximate surface area is 135 Å². The fraction of sp³-hybridized carbons (Fsp3) is 0.500. The second-order valence-electron chi connectivity index (χ2n) is 5.95. The summed E-state index contributed by atoms with van der Waals surface area (Å²) in [6.45, 7) is 6.76. The van der Waals surface area contributed by atoms with E-state index in [9.17, 15) is 4.79 Å². The molecule has 0 spiro atoms. The molecule has 2 aromatic rings. The summed E-state index contributed by atoms with van der Waals surface area (Å²) >= 11 is 6.04. The van der Waals surface area contributed by atoms with Crippen LogP contribution in [0.3, 0.4) is 0 Å². The minimum Gasteiger partial charge on any atom is -0.335 e. The van der Waals surface area contributed by atoms with Gasteiger partial charge in [-0.25, -0.2) is 4.98 Å². The predicted octanol–water partition coefficient (Wildman–Crippen LogP) is -0.161. The maximum atomic E-state index is 12.6. The van der Waals surface area contributed by atoms with E-state index in [1.807, 2.05) is 6.92 Å². The van der Waals surface area contributed by atoms with Gasteiger partial charge in [-0.2, -0.15) is 0 Å². The quantitative estimate of drug-likeness (QED) is 0.776. The van der Waals surface area contributed by atoms with Crippen LogP contribution in [-0.4, -0.2) is 36.7 Å². The van der Waals surface area contributed by atoms with E-state index in [4.69, 9.17) is 16.6 Å². The first-order valence-electron chi connectivity index (χ1n) is 7.76. The number of halogens is 1. The Kier molecular flexibility index (Phi) is 5.56. The summed E-state index contributed by atoms with van der Waals surface area (Å²) in [4.78, 5) is 18.8. The van der Waals surface area contributed by atoms with Crippen molar-refractivity contribution in [3.05, 3.63) is 39.4 Å². The van der Waals surface area contributed by atoms with Gasteiger partial charge in [-0.3, -0.25) is 9.36 Å². The molecule has 0 aliphatic heterocycles. The van der Waals surface area contributed by atoms with Crippen LogP contribution < -0.4 is 15.8 Å². The van der Waals surface area contributed by atoms with Crippen LogP contribution in [0.4, 0.5) is 0 Å². The van der Waals surface area contributed by atoms with E-state index in [-0.39, 0.29) is 11.6 Å². The summed E-state index contributed by atoms with van der Waals surface area (Å²) in [5, 5.41) is 3.46. The van der Waals surface area contributed by atoms with Gasteiger partial charge in [-0.05, 0) is 32.0 Å². The SMILES string of the molecule is CCn1c([C@@H](C)[NH2+]CC[NH+](C)C)nc2cc(Cl)ccc2c1=O. The minimum absolute atomic E-state index is 0.0117. The van der Waals surface area contributed by atoms with E-state index in [1.54, 1.807) is 22.8 Å². The molecular formula is C16H25ClN4O+2. The van der Waals surface area contributed by atoms with Gasteiger partial charge in [0.1, 0.15) is 19.1 Å². The molecule has 5 nitrogen and oxygen atoms in total. The molecule has 2 rings (SSSR count). The van der Waals surface area contributed by atoms with Crippen LogP contribution in [0.15, 0.2) is 23.0 Å². The molecule has 0 saturated heterocycles. The molecule has 3 N–H and O–H groups in total. The third kappa shape index (κ3) is 3.66. The van der Waals surface area contributed by atoms with Gasteiger partial charge in [-0.1, -0.05) is 11.6 Å². The topological polar surface area (TPSA) is 55.9 Å². The molecule has 0 aliphatic rings. The van der Waals surface area contributed by atoms with Crippen molar-refractivity contribution in [1.82, 2.24) is 9.55 Å². The Bertz CT molecular complexity index is 711. The molecule has 0 aliphatic carbocycles. The summed E-state index contributed by atoms with van der Waals surface area (Å²) in [6.07, 6.45) is 0. The Morgan fingerprint density at radius 3 is 2.77 bits per heavy atom. The molecule has 1 atom stereocenters. The second kappa shape index (κ2) is 7.22. The van der Waals surface area contributed by atoms with Gasteiger partial charge in [-0.15, -0.1) is 0 Å². The number of fused-ring (bicyclic) bond motifs is 1. The molecule has 120 valence electrons. The molecule has 0 radical (unpaired) electrons. The van der Waals surface area contributed by atoms with Gasteiger partial charge >= 0.3 is 0 Å². The van der Waals surface area contributed by atoms with Crippen molar-refractivity contribution in [3.8, 4) is 0 Å². The Balaban J connectivity index is 2.41. The zero-order valence-corrected chi connectivity index (χ0v) is 14.4. The number of hydrogen-bond acceptors (Lipinski definition) is 2. The number of likely N-dealkylation sites (N-methyl/N-ethyl adjacent to an activating group) is 1. The molecule has 0 bridgehead atoms. The highest BCUT2D eigenvalue weighted by Crippen LogP contribution is 2.16. The lowest BCUT2D eigenvalue weighted by atomic mass is 10.2. The minimum atomic E-state index is 0.0117. The van der Waals surface area contributed by atoms with Gasteiger partial charge in [0.05, 0.1) is 25.0 Å². The highest BCUT2D eigenvalue weighted by atomic mass is 35.5. The molecule has 1 aromatic heterocycles. The van der Waals surface area contributed by atoms with Crippen LogP contribution in [0, 0.1) is 0 Å². The maximum Gasteiger partial charge on any atom is 0.261 e. The summed E-state index contributed by atoms with van der Waals surface area (Å²) in [7, 11) is 4.27. The van der Waals surface area contributed by atoms with Crippen LogP contribution in [0.2, 0.25) is 5.02 Å². The van der Waals surface area contributed by atoms with Crippen LogP contribution in [0.5, 0.6) is 0 Å². The first kappa shape index (κ1) is 16.9. The van der Waals surface area contributed by atoms with Crippen LogP contribution in [0.1, 0.15) is 25.7 Å². The van der Waals surface area contributed by atoms with Crippen molar-refractivity contribution in [2.75, 3.05) is 27.2 Å². The van der Waals surface area contributed by atoms with Gasteiger partial charge in [0.2, 0.25) is 0 Å². The molecule has 0 saturated carbocycles. The van der Waals surface area contributed by atoms with Crippen molar-refractivity contribution < 1.29 is 10.2 Å². The first-order chi connectivity index (χ1) is 10.4. The highest BCUT2D eigenvalue weighted by molar-refractivity contribution is 6.31.